The van der Waals surface area contributed by atoms with Crippen LogP contribution in [0.4, 0.5) is 0 Å². The maximum Gasteiger partial charge on any atom is 0.0350 e. The quantitative estimate of drug-likeness (QED) is 0.771. The zero-order chi connectivity index (χ0) is 11.0. The van der Waals surface area contributed by atoms with Gasteiger partial charge in [-0.25, -0.2) is 0 Å². The molecule has 15 heavy (non-hydrogen) atoms. The van der Waals surface area contributed by atoms with Crippen LogP contribution < -0.4 is 11.1 Å². The number of hydrogen-bond acceptors (Lipinski definition) is 2. The molecule has 0 spiro atoms. The summed E-state index contributed by atoms with van der Waals surface area (Å²) in [4.78, 5) is 0. The van der Waals surface area contributed by atoms with E-state index in [-0.39, 0.29) is 6.04 Å². The molecule has 0 aliphatic carbocycles. The van der Waals surface area contributed by atoms with Crippen molar-refractivity contribution in [3.8, 4) is 0 Å². The van der Waals surface area contributed by atoms with Crippen LogP contribution in [0.1, 0.15) is 28.3 Å². The first kappa shape index (κ1) is 10.7. The molecule has 1 fully saturated rings. The second-order valence-corrected chi connectivity index (χ2v) is 4.74. The number of nitrogens with two attached hydrogens (primary N) is 1. The van der Waals surface area contributed by atoms with E-state index in [2.05, 4.69) is 38.2 Å². The highest BCUT2D eigenvalue weighted by molar-refractivity contribution is 5.38. The molecule has 1 atom stereocenters. The van der Waals surface area contributed by atoms with Crippen molar-refractivity contribution in [3.05, 3.63) is 34.4 Å². The molecule has 3 N–H and O–H groups in total. The fraction of sp³-hybridized carbons (Fsp3) is 0.538. The van der Waals surface area contributed by atoms with Crippen LogP contribution in [0.5, 0.6) is 0 Å². The second kappa shape index (κ2) is 3.95. The van der Waals surface area contributed by atoms with Gasteiger partial charge in [0.2, 0.25) is 0 Å². The lowest BCUT2D eigenvalue weighted by atomic mass is 9.86. The Bertz CT molecular complexity index is 367. The summed E-state index contributed by atoms with van der Waals surface area (Å²) in [6.45, 7) is 8.60. The summed E-state index contributed by atoms with van der Waals surface area (Å²) in [7, 11) is 0. The van der Waals surface area contributed by atoms with Crippen molar-refractivity contribution in [2.24, 2.45) is 11.7 Å². The molecule has 1 aliphatic heterocycles. The first-order valence-electron chi connectivity index (χ1n) is 5.63. The summed E-state index contributed by atoms with van der Waals surface area (Å²) in [5.41, 5.74) is 11.6. The van der Waals surface area contributed by atoms with Gasteiger partial charge in [-0.1, -0.05) is 12.1 Å². The van der Waals surface area contributed by atoms with Gasteiger partial charge in [0.15, 0.2) is 0 Å². The summed E-state index contributed by atoms with van der Waals surface area (Å²) >= 11 is 0. The van der Waals surface area contributed by atoms with Crippen LogP contribution >= 0.6 is 0 Å². The van der Waals surface area contributed by atoms with Gasteiger partial charge in [0.25, 0.3) is 0 Å². The Hall–Kier alpha value is -0.860. The molecule has 0 saturated carbocycles. The highest BCUT2D eigenvalue weighted by atomic mass is 15.0. The third kappa shape index (κ3) is 1.92. The Balaban J connectivity index is 2.30. The van der Waals surface area contributed by atoms with Crippen LogP contribution in [0.25, 0.3) is 0 Å². The molecule has 0 bridgehead atoms. The van der Waals surface area contributed by atoms with Crippen LogP contribution in [0.15, 0.2) is 12.1 Å². The van der Waals surface area contributed by atoms with Crippen molar-refractivity contribution in [3.63, 3.8) is 0 Å². The summed E-state index contributed by atoms with van der Waals surface area (Å²) in [6, 6.07) is 4.70. The van der Waals surface area contributed by atoms with Crippen LogP contribution in [0.2, 0.25) is 0 Å². The minimum atomic E-state index is 0.200. The lowest BCUT2D eigenvalue weighted by molar-refractivity contribution is 0.294. The van der Waals surface area contributed by atoms with Gasteiger partial charge < -0.3 is 11.1 Å². The summed E-state index contributed by atoms with van der Waals surface area (Å²) in [5, 5.41) is 3.28. The van der Waals surface area contributed by atoms with E-state index in [0.717, 1.165) is 13.1 Å². The average Bonchev–Trinajstić information content (AvgIpc) is 2.08. The normalized spacial score (nSPS) is 18.7. The number of nitrogens with one attached hydrogen (secondary N) is 1. The molecule has 0 amide bonds. The highest BCUT2D eigenvalue weighted by Gasteiger charge is 2.26. The number of aryl methyl sites for hydroxylation is 3. The minimum Gasteiger partial charge on any atom is -0.324 e. The van der Waals surface area contributed by atoms with Gasteiger partial charge in [0, 0.05) is 25.0 Å². The molecule has 2 nitrogen and oxygen atoms in total. The third-order valence-corrected chi connectivity index (χ3v) is 3.56. The Morgan fingerprint density at radius 1 is 1.13 bits per heavy atom. The summed E-state index contributed by atoms with van der Waals surface area (Å²) in [5.74, 6) is 0.616. The van der Waals surface area contributed by atoms with Crippen molar-refractivity contribution in [2.75, 3.05) is 13.1 Å². The monoisotopic (exact) mass is 204 g/mol. The van der Waals surface area contributed by atoms with Crippen molar-refractivity contribution in [1.29, 1.82) is 0 Å². The van der Waals surface area contributed by atoms with Gasteiger partial charge in [-0.15, -0.1) is 0 Å². The van der Waals surface area contributed by atoms with E-state index in [9.17, 15) is 0 Å². The number of hydrogen-bond donors (Lipinski definition) is 2. The van der Waals surface area contributed by atoms with E-state index in [1.165, 1.54) is 22.3 Å². The molecule has 0 radical (unpaired) electrons. The summed E-state index contributed by atoms with van der Waals surface area (Å²) in [6.07, 6.45) is 0. The van der Waals surface area contributed by atoms with E-state index in [1.54, 1.807) is 0 Å². The lowest BCUT2D eigenvalue weighted by Crippen LogP contribution is -2.47. The maximum atomic E-state index is 6.28. The number of benzene rings is 1. The van der Waals surface area contributed by atoms with E-state index in [1.807, 2.05) is 0 Å². The molecular weight excluding hydrogens is 184 g/mol. The molecule has 1 heterocycles. The van der Waals surface area contributed by atoms with E-state index < -0.39 is 0 Å². The standard InChI is InChI=1S/C13H20N2/c1-8-4-10(3)12(5-9(8)2)13(14)11-6-15-7-11/h4-5,11,13,15H,6-7,14H2,1-3H3. The maximum absolute atomic E-state index is 6.28. The Kier molecular flexibility index (Phi) is 2.81. The van der Waals surface area contributed by atoms with E-state index in [0.29, 0.717) is 5.92 Å². The zero-order valence-electron chi connectivity index (χ0n) is 9.80. The smallest absolute Gasteiger partial charge is 0.0350 e. The molecule has 82 valence electrons. The van der Waals surface area contributed by atoms with Crippen molar-refractivity contribution < 1.29 is 0 Å². The topological polar surface area (TPSA) is 38.0 Å². The van der Waals surface area contributed by atoms with Gasteiger partial charge in [0.1, 0.15) is 0 Å². The fourth-order valence-corrected chi connectivity index (χ4v) is 2.16. The molecule has 1 aromatic rings. The van der Waals surface area contributed by atoms with Crippen molar-refractivity contribution >= 4 is 0 Å². The van der Waals surface area contributed by atoms with Crippen molar-refractivity contribution in [1.82, 2.24) is 5.32 Å². The second-order valence-electron chi connectivity index (χ2n) is 4.74. The SMILES string of the molecule is Cc1cc(C)c(C(N)C2CNC2)cc1C. The lowest BCUT2D eigenvalue weighted by Gasteiger charge is -2.33. The molecule has 2 rings (SSSR count). The average molecular weight is 204 g/mol. The molecule has 0 aromatic heterocycles. The van der Waals surface area contributed by atoms with Gasteiger partial charge in [-0.05, 0) is 43.0 Å². The van der Waals surface area contributed by atoms with Gasteiger partial charge in [-0.2, -0.15) is 0 Å². The predicted octanol–water partition coefficient (Wildman–Crippen LogP) is 1.83. The van der Waals surface area contributed by atoms with Crippen LogP contribution in [0, 0.1) is 26.7 Å². The van der Waals surface area contributed by atoms with Crippen LogP contribution in [-0.2, 0) is 0 Å². The van der Waals surface area contributed by atoms with Crippen LogP contribution in [0.3, 0.4) is 0 Å². The Morgan fingerprint density at radius 2 is 1.73 bits per heavy atom. The predicted molar refractivity (Wildman–Crippen MR) is 63.9 cm³/mol. The minimum absolute atomic E-state index is 0.200. The first-order valence-corrected chi connectivity index (χ1v) is 5.63. The van der Waals surface area contributed by atoms with Crippen LogP contribution in [-0.4, -0.2) is 13.1 Å². The molecule has 1 saturated heterocycles. The Labute approximate surface area is 91.9 Å². The number of rotatable bonds is 2. The highest BCUT2D eigenvalue weighted by Crippen LogP contribution is 2.27. The van der Waals surface area contributed by atoms with E-state index in [4.69, 9.17) is 5.73 Å². The van der Waals surface area contributed by atoms with Gasteiger partial charge >= 0.3 is 0 Å². The van der Waals surface area contributed by atoms with Gasteiger partial charge in [0.05, 0.1) is 0 Å². The molecule has 2 heteroatoms. The first-order chi connectivity index (χ1) is 7.09. The third-order valence-electron chi connectivity index (χ3n) is 3.56. The molecule has 1 unspecified atom stereocenters. The fourth-order valence-electron chi connectivity index (χ4n) is 2.16. The van der Waals surface area contributed by atoms with Crippen molar-refractivity contribution in [2.45, 2.75) is 26.8 Å². The zero-order valence-corrected chi connectivity index (χ0v) is 9.80. The molecular formula is C13H20N2. The van der Waals surface area contributed by atoms with E-state index >= 15 is 0 Å². The Morgan fingerprint density at radius 3 is 2.27 bits per heavy atom. The summed E-state index contributed by atoms with van der Waals surface area (Å²) < 4.78 is 0. The largest absolute Gasteiger partial charge is 0.324 e. The molecule has 1 aromatic carbocycles. The van der Waals surface area contributed by atoms with Gasteiger partial charge in [-0.3, -0.25) is 0 Å². The molecule has 1 aliphatic rings.